The highest BCUT2D eigenvalue weighted by atomic mass is 35.5. The van der Waals surface area contributed by atoms with Gasteiger partial charge in [0.2, 0.25) is 0 Å². The number of phenols is 2. The highest BCUT2D eigenvalue weighted by Crippen LogP contribution is 2.50. The first-order valence-corrected chi connectivity index (χ1v) is 10.8. The molecule has 3 aromatic carbocycles. The zero-order valence-electron chi connectivity index (χ0n) is 14.3. The lowest BCUT2D eigenvalue weighted by molar-refractivity contribution is 0.456. The predicted octanol–water partition coefficient (Wildman–Crippen LogP) is 5.89. The second kappa shape index (κ2) is 7.87. The van der Waals surface area contributed by atoms with Crippen LogP contribution in [0.25, 0.3) is 0 Å². The third kappa shape index (κ3) is 3.77. The summed E-state index contributed by atoms with van der Waals surface area (Å²) in [5.41, 5.74) is -0.189. The van der Waals surface area contributed by atoms with Gasteiger partial charge in [-0.2, -0.15) is 8.42 Å². The molecule has 0 bridgehead atoms. The maximum atomic E-state index is 13.0. The molecule has 0 aliphatic carbocycles. The summed E-state index contributed by atoms with van der Waals surface area (Å²) in [4.78, 5) is 0. The van der Waals surface area contributed by atoms with Crippen LogP contribution in [0.4, 0.5) is 0 Å². The number of rotatable bonds is 4. The Morgan fingerprint density at radius 3 is 1.52 bits per heavy atom. The molecule has 0 heterocycles. The van der Waals surface area contributed by atoms with E-state index in [1.165, 1.54) is 42.5 Å². The molecule has 3 rings (SSSR count). The van der Waals surface area contributed by atoms with Crippen molar-refractivity contribution in [1.82, 2.24) is 0 Å². The molecule has 0 aliphatic heterocycles. The zero-order valence-corrected chi connectivity index (χ0v) is 18.1. The summed E-state index contributed by atoms with van der Waals surface area (Å²) in [6, 6.07) is 11.2. The maximum absolute atomic E-state index is 13.0. The smallest absolute Gasteiger partial charge is 0.283 e. The molecule has 0 radical (unpaired) electrons. The average molecular weight is 494 g/mol. The van der Waals surface area contributed by atoms with Crippen LogP contribution in [0.15, 0.2) is 54.6 Å². The van der Waals surface area contributed by atoms with Crippen LogP contribution >= 0.6 is 46.4 Å². The minimum atomic E-state index is -5.02. The van der Waals surface area contributed by atoms with Crippen molar-refractivity contribution in [1.29, 1.82) is 0 Å². The first-order valence-electron chi connectivity index (χ1n) is 7.89. The Hall–Kier alpha value is -1.67. The number of hydrogen-bond acceptors (Lipinski definition) is 4. The highest BCUT2D eigenvalue weighted by molar-refractivity contribution is 7.87. The van der Waals surface area contributed by atoms with Gasteiger partial charge in [-0.25, -0.2) is 0 Å². The maximum Gasteiger partial charge on any atom is 0.283 e. The second-order valence-electron chi connectivity index (χ2n) is 6.11. The van der Waals surface area contributed by atoms with Gasteiger partial charge in [-0.15, -0.1) is 0 Å². The fourth-order valence-corrected chi connectivity index (χ4v) is 5.56. The summed E-state index contributed by atoms with van der Waals surface area (Å²) < 4.78 is 34.1. The molecular formula is C19H12Cl4O5S. The Balaban J connectivity index is 2.58. The standard InChI is InChI=1S/C19H12Cl4O5S/c20-15-6-1-10(7-18(15)23)19(29(26,27)28,13-4-2-11(24)8-16(13)21)14-5-3-12(25)9-17(14)22/h1-9,24-25H,(H,26,27,28). The molecule has 0 fully saturated rings. The molecule has 0 saturated heterocycles. The Labute approximate surface area is 186 Å². The second-order valence-corrected chi connectivity index (χ2v) is 9.30. The molecule has 0 unspecified atom stereocenters. The van der Waals surface area contributed by atoms with Crippen molar-refractivity contribution in [2.45, 2.75) is 4.75 Å². The quantitative estimate of drug-likeness (QED) is 0.311. The predicted molar refractivity (Wildman–Crippen MR) is 114 cm³/mol. The summed E-state index contributed by atoms with van der Waals surface area (Å²) in [7, 11) is -5.02. The fraction of sp³-hybridized carbons (Fsp3) is 0.0526. The number of benzene rings is 3. The lowest BCUT2D eigenvalue weighted by atomic mass is 9.83. The summed E-state index contributed by atoms with van der Waals surface area (Å²) in [6.45, 7) is 0. The largest absolute Gasteiger partial charge is 0.508 e. The molecule has 0 aromatic heterocycles. The molecule has 10 heteroatoms. The van der Waals surface area contributed by atoms with E-state index in [0.29, 0.717) is 0 Å². The van der Waals surface area contributed by atoms with E-state index in [9.17, 15) is 23.2 Å². The number of aromatic hydroxyl groups is 2. The van der Waals surface area contributed by atoms with Crippen LogP contribution in [-0.4, -0.2) is 23.2 Å². The number of halogens is 4. The van der Waals surface area contributed by atoms with Crippen LogP contribution in [0.2, 0.25) is 20.1 Å². The molecule has 0 aliphatic rings. The first-order chi connectivity index (χ1) is 13.5. The summed E-state index contributed by atoms with van der Waals surface area (Å²) in [5, 5.41) is 19.3. The van der Waals surface area contributed by atoms with Gasteiger partial charge in [-0.3, -0.25) is 4.55 Å². The fourth-order valence-electron chi connectivity index (χ4n) is 3.18. The van der Waals surface area contributed by atoms with Crippen LogP contribution in [0.5, 0.6) is 11.5 Å². The summed E-state index contributed by atoms with van der Waals surface area (Å²) >= 11 is 24.7. The lowest BCUT2D eigenvalue weighted by Crippen LogP contribution is -2.38. The molecule has 29 heavy (non-hydrogen) atoms. The molecule has 3 aromatic rings. The van der Waals surface area contributed by atoms with E-state index in [4.69, 9.17) is 46.4 Å². The Morgan fingerprint density at radius 1 is 0.655 bits per heavy atom. The van der Waals surface area contributed by atoms with E-state index in [1.807, 2.05) is 0 Å². The summed E-state index contributed by atoms with van der Waals surface area (Å²) in [5.74, 6) is -0.428. The van der Waals surface area contributed by atoms with E-state index in [-0.39, 0.29) is 48.3 Å². The molecule has 5 nitrogen and oxygen atoms in total. The normalized spacial score (nSPS) is 12.2. The van der Waals surface area contributed by atoms with E-state index in [1.54, 1.807) is 0 Å². The van der Waals surface area contributed by atoms with Gasteiger partial charge in [0.25, 0.3) is 10.1 Å². The number of phenolic OH excluding ortho intramolecular Hbond substituents is 2. The topological polar surface area (TPSA) is 94.8 Å². The minimum absolute atomic E-state index is 0.00502. The van der Waals surface area contributed by atoms with E-state index in [0.717, 1.165) is 12.1 Å². The van der Waals surface area contributed by atoms with Crippen LogP contribution in [0, 0.1) is 0 Å². The van der Waals surface area contributed by atoms with Gasteiger partial charge in [0, 0.05) is 21.2 Å². The van der Waals surface area contributed by atoms with Crippen molar-refractivity contribution >= 4 is 56.5 Å². The van der Waals surface area contributed by atoms with Crippen molar-refractivity contribution in [3.63, 3.8) is 0 Å². The summed E-state index contributed by atoms with van der Waals surface area (Å²) in [6.07, 6.45) is 0. The van der Waals surface area contributed by atoms with E-state index >= 15 is 0 Å². The average Bonchev–Trinajstić information content (AvgIpc) is 2.60. The Morgan fingerprint density at radius 2 is 1.14 bits per heavy atom. The molecule has 152 valence electrons. The van der Waals surface area contributed by atoms with Crippen molar-refractivity contribution < 1.29 is 23.2 Å². The van der Waals surface area contributed by atoms with Gasteiger partial charge in [-0.1, -0.05) is 64.6 Å². The van der Waals surface area contributed by atoms with Crippen LogP contribution in [0.3, 0.4) is 0 Å². The molecule has 0 amide bonds. The van der Waals surface area contributed by atoms with Gasteiger partial charge < -0.3 is 10.2 Å². The van der Waals surface area contributed by atoms with Crippen molar-refractivity contribution in [3.05, 3.63) is 91.4 Å². The van der Waals surface area contributed by atoms with Gasteiger partial charge in [0.05, 0.1) is 10.0 Å². The van der Waals surface area contributed by atoms with E-state index < -0.39 is 14.9 Å². The van der Waals surface area contributed by atoms with Crippen molar-refractivity contribution in [2.75, 3.05) is 0 Å². The van der Waals surface area contributed by atoms with Crippen molar-refractivity contribution in [2.24, 2.45) is 0 Å². The van der Waals surface area contributed by atoms with Gasteiger partial charge in [0.15, 0.2) is 4.75 Å². The molecule has 0 spiro atoms. The van der Waals surface area contributed by atoms with Gasteiger partial charge >= 0.3 is 0 Å². The van der Waals surface area contributed by atoms with Crippen LogP contribution in [-0.2, 0) is 14.9 Å². The monoisotopic (exact) mass is 492 g/mol. The molecular weight excluding hydrogens is 482 g/mol. The Kier molecular flexibility index (Phi) is 5.98. The highest BCUT2D eigenvalue weighted by Gasteiger charge is 2.51. The third-order valence-electron chi connectivity index (χ3n) is 4.38. The van der Waals surface area contributed by atoms with Gasteiger partial charge in [-0.05, 0) is 42.0 Å². The molecule has 0 atom stereocenters. The molecule has 3 N–H and O–H groups in total. The third-order valence-corrected chi connectivity index (χ3v) is 7.19. The number of hydrogen-bond donors (Lipinski definition) is 3. The van der Waals surface area contributed by atoms with E-state index in [2.05, 4.69) is 0 Å². The molecule has 0 saturated carbocycles. The zero-order chi connectivity index (χ0) is 21.6. The van der Waals surface area contributed by atoms with Gasteiger partial charge in [0.1, 0.15) is 11.5 Å². The van der Waals surface area contributed by atoms with Crippen LogP contribution < -0.4 is 0 Å². The lowest BCUT2D eigenvalue weighted by Gasteiger charge is -2.34. The minimum Gasteiger partial charge on any atom is -0.508 e. The first kappa shape index (κ1) is 22.0. The van der Waals surface area contributed by atoms with Crippen molar-refractivity contribution in [3.8, 4) is 11.5 Å². The Bertz CT molecular complexity index is 1160. The van der Waals surface area contributed by atoms with Crippen LogP contribution in [0.1, 0.15) is 16.7 Å². The SMILES string of the molecule is O=S(=O)(O)C(c1ccc(Cl)c(Cl)c1)(c1ccc(O)cc1Cl)c1ccc(O)cc1Cl.